The van der Waals surface area contributed by atoms with Crippen molar-refractivity contribution in [2.24, 2.45) is 0 Å². The monoisotopic (exact) mass is 376 g/mol. The summed E-state index contributed by atoms with van der Waals surface area (Å²) in [6, 6.07) is 17.2. The molecule has 140 valence electrons. The van der Waals surface area contributed by atoms with Gasteiger partial charge in [-0.2, -0.15) is 0 Å². The van der Waals surface area contributed by atoms with E-state index in [9.17, 15) is 4.79 Å². The molecular formula is C23H28N2OSi. The van der Waals surface area contributed by atoms with Crippen molar-refractivity contribution >= 4 is 25.0 Å². The Morgan fingerprint density at radius 1 is 1.04 bits per heavy atom. The molecule has 4 rings (SSSR count). The Kier molecular flexibility index (Phi) is 3.80. The quantitative estimate of drug-likeness (QED) is 0.505. The Morgan fingerprint density at radius 3 is 2.37 bits per heavy atom. The predicted octanol–water partition coefficient (Wildman–Crippen LogP) is 6.12. The maximum atomic E-state index is 13.9. The molecule has 0 aliphatic carbocycles. The van der Waals surface area contributed by atoms with Gasteiger partial charge in [-0.25, -0.2) is 4.98 Å². The van der Waals surface area contributed by atoms with E-state index in [1.54, 1.807) is 0 Å². The zero-order valence-electron chi connectivity index (χ0n) is 17.1. The maximum Gasteiger partial charge on any atom is 0.242 e. The summed E-state index contributed by atoms with van der Waals surface area (Å²) >= 11 is 0. The Hall–Kier alpha value is -2.20. The molecule has 0 bridgehead atoms. The number of rotatable bonds is 2. The highest BCUT2D eigenvalue weighted by atomic mass is 28.3. The number of benzene rings is 2. The second kappa shape index (κ2) is 5.65. The third kappa shape index (κ3) is 2.53. The fourth-order valence-electron chi connectivity index (χ4n) is 4.25. The highest BCUT2D eigenvalue weighted by Gasteiger charge is 2.50. The van der Waals surface area contributed by atoms with Crippen LogP contribution in [0.4, 0.5) is 0 Å². The van der Waals surface area contributed by atoms with Crippen LogP contribution in [-0.2, 0) is 5.41 Å². The molecule has 0 amide bonds. The van der Waals surface area contributed by atoms with Gasteiger partial charge in [-0.15, -0.1) is 0 Å². The number of para-hydroxylation sites is 2. The standard InChI is InChI=1S/C23H28N2OSi/c1-22(2,3)27(5,6)15-23(4)17-12-8-7-11-16(17)20-24-18-13-9-10-14-19(18)25(20)21(23)26/h7-14H,15H2,1-6H3. The summed E-state index contributed by atoms with van der Waals surface area (Å²) in [6.45, 7) is 13.9. The minimum Gasteiger partial charge on any atom is -0.273 e. The maximum absolute atomic E-state index is 13.9. The molecule has 0 fully saturated rings. The summed E-state index contributed by atoms with van der Waals surface area (Å²) in [4.78, 5) is 18.7. The van der Waals surface area contributed by atoms with E-state index in [4.69, 9.17) is 4.98 Å². The second-order valence-electron chi connectivity index (χ2n) is 9.75. The topological polar surface area (TPSA) is 34.9 Å². The largest absolute Gasteiger partial charge is 0.273 e. The molecule has 0 N–H and O–H groups in total. The lowest BCUT2D eigenvalue weighted by Gasteiger charge is -2.45. The third-order valence-electron chi connectivity index (χ3n) is 6.82. The van der Waals surface area contributed by atoms with Crippen LogP contribution in [0.15, 0.2) is 48.5 Å². The first-order valence-corrected chi connectivity index (χ1v) is 12.9. The van der Waals surface area contributed by atoms with Crippen LogP contribution in [0, 0.1) is 0 Å². The van der Waals surface area contributed by atoms with Crippen molar-refractivity contribution < 1.29 is 4.79 Å². The first-order valence-electron chi connectivity index (χ1n) is 9.68. The van der Waals surface area contributed by atoms with E-state index in [0.29, 0.717) is 0 Å². The average Bonchev–Trinajstić information content (AvgIpc) is 2.98. The molecule has 27 heavy (non-hydrogen) atoms. The lowest BCUT2D eigenvalue weighted by Crippen LogP contribution is -2.49. The van der Waals surface area contributed by atoms with Gasteiger partial charge in [0.25, 0.3) is 0 Å². The smallest absolute Gasteiger partial charge is 0.242 e. The zero-order valence-corrected chi connectivity index (χ0v) is 18.1. The van der Waals surface area contributed by atoms with Crippen LogP contribution in [0.5, 0.6) is 0 Å². The fourth-order valence-corrected chi connectivity index (χ4v) is 6.89. The molecule has 1 unspecified atom stereocenters. The molecular weight excluding hydrogens is 348 g/mol. The number of nitrogens with zero attached hydrogens (tertiary/aromatic N) is 2. The first kappa shape index (κ1) is 18.2. The predicted molar refractivity (Wildman–Crippen MR) is 115 cm³/mol. The lowest BCUT2D eigenvalue weighted by molar-refractivity contribution is 0.0822. The van der Waals surface area contributed by atoms with Crippen molar-refractivity contribution in [1.29, 1.82) is 0 Å². The SMILES string of the molecule is CC1(C[Si](C)(C)C(C)(C)C)C(=O)n2c(nc3ccccc32)-c2ccccc21. The van der Waals surface area contributed by atoms with Crippen molar-refractivity contribution in [2.45, 2.75) is 57.3 Å². The number of fused-ring (bicyclic) bond motifs is 5. The van der Waals surface area contributed by atoms with Gasteiger partial charge in [0.2, 0.25) is 5.91 Å². The molecule has 0 saturated heterocycles. The minimum atomic E-state index is -1.70. The molecule has 1 aliphatic heterocycles. The van der Waals surface area contributed by atoms with Crippen LogP contribution in [0.3, 0.4) is 0 Å². The molecule has 1 aliphatic rings. The van der Waals surface area contributed by atoms with Crippen LogP contribution in [0.1, 0.15) is 38.1 Å². The highest BCUT2D eigenvalue weighted by Crippen LogP contribution is 2.49. The van der Waals surface area contributed by atoms with E-state index < -0.39 is 13.5 Å². The number of hydrogen-bond acceptors (Lipinski definition) is 2. The zero-order chi connectivity index (χ0) is 19.6. The molecule has 3 aromatic rings. The van der Waals surface area contributed by atoms with Gasteiger partial charge in [-0.1, -0.05) is 70.3 Å². The van der Waals surface area contributed by atoms with Crippen molar-refractivity contribution in [2.75, 3.05) is 0 Å². The second-order valence-corrected chi connectivity index (χ2v) is 15.4. The van der Waals surface area contributed by atoms with Crippen molar-refractivity contribution in [3.8, 4) is 11.4 Å². The highest BCUT2D eigenvalue weighted by molar-refractivity contribution is 6.80. The van der Waals surface area contributed by atoms with Gasteiger partial charge >= 0.3 is 0 Å². The Labute approximate surface area is 162 Å². The van der Waals surface area contributed by atoms with E-state index in [-0.39, 0.29) is 10.9 Å². The van der Waals surface area contributed by atoms with Gasteiger partial charge in [-0.3, -0.25) is 9.36 Å². The molecule has 3 nitrogen and oxygen atoms in total. The van der Waals surface area contributed by atoms with E-state index >= 15 is 0 Å². The summed E-state index contributed by atoms with van der Waals surface area (Å²) in [6.07, 6.45) is 0. The minimum absolute atomic E-state index is 0.162. The number of aromatic nitrogens is 2. The number of hydrogen-bond donors (Lipinski definition) is 0. The van der Waals surface area contributed by atoms with Crippen LogP contribution < -0.4 is 0 Å². The van der Waals surface area contributed by atoms with Crippen LogP contribution in [-0.4, -0.2) is 23.5 Å². The lowest BCUT2D eigenvalue weighted by atomic mass is 9.78. The van der Waals surface area contributed by atoms with Crippen LogP contribution in [0.25, 0.3) is 22.4 Å². The first-order chi connectivity index (χ1) is 12.6. The fraction of sp³-hybridized carbons (Fsp3) is 0.391. The number of carbonyl (C=O) groups is 1. The summed E-state index contributed by atoms with van der Waals surface area (Å²) < 4.78 is 1.87. The Bertz CT molecular complexity index is 1060. The normalized spacial score (nSPS) is 19.9. The number of imidazole rings is 1. The summed E-state index contributed by atoms with van der Waals surface area (Å²) in [5.41, 5.74) is 3.48. The van der Waals surface area contributed by atoms with E-state index in [1.165, 1.54) is 0 Å². The molecule has 0 radical (unpaired) electrons. The van der Waals surface area contributed by atoms with E-state index in [1.807, 2.05) is 41.0 Å². The van der Waals surface area contributed by atoms with Gasteiger partial charge in [0.1, 0.15) is 5.82 Å². The van der Waals surface area contributed by atoms with Gasteiger partial charge in [0.15, 0.2) is 0 Å². The summed E-state index contributed by atoms with van der Waals surface area (Å²) in [5, 5.41) is 0.225. The molecule has 4 heteroatoms. The number of carbonyl (C=O) groups excluding carboxylic acids is 1. The van der Waals surface area contributed by atoms with Gasteiger partial charge in [0, 0.05) is 5.56 Å². The molecule has 0 spiro atoms. The van der Waals surface area contributed by atoms with Crippen molar-refractivity contribution in [1.82, 2.24) is 9.55 Å². The summed E-state index contributed by atoms with van der Waals surface area (Å²) in [7, 11) is -1.70. The van der Waals surface area contributed by atoms with Crippen LogP contribution >= 0.6 is 0 Å². The molecule has 0 saturated carbocycles. The van der Waals surface area contributed by atoms with Gasteiger partial charge < -0.3 is 0 Å². The third-order valence-corrected chi connectivity index (χ3v) is 12.5. The van der Waals surface area contributed by atoms with E-state index in [2.05, 4.69) is 52.9 Å². The summed E-state index contributed by atoms with van der Waals surface area (Å²) in [5.74, 6) is 0.944. The molecule has 1 aromatic heterocycles. The Morgan fingerprint density at radius 2 is 1.67 bits per heavy atom. The van der Waals surface area contributed by atoms with E-state index in [0.717, 1.165) is 34.0 Å². The Balaban J connectivity index is 1.99. The van der Waals surface area contributed by atoms with Crippen LogP contribution in [0.2, 0.25) is 24.2 Å². The van der Waals surface area contributed by atoms with Crippen molar-refractivity contribution in [3.05, 3.63) is 54.1 Å². The van der Waals surface area contributed by atoms with Gasteiger partial charge in [0.05, 0.1) is 24.5 Å². The molecule has 1 atom stereocenters. The van der Waals surface area contributed by atoms with Crippen molar-refractivity contribution in [3.63, 3.8) is 0 Å². The molecule has 2 heterocycles. The molecule has 2 aromatic carbocycles. The van der Waals surface area contributed by atoms with Gasteiger partial charge in [-0.05, 0) is 35.7 Å². The average molecular weight is 377 g/mol.